The Balaban J connectivity index is 2.83. The molecule has 0 amide bonds. The van der Waals surface area contributed by atoms with Crippen LogP contribution in [0.1, 0.15) is 18.1 Å². The van der Waals surface area contributed by atoms with E-state index in [-0.39, 0.29) is 5.56 Å². The van der Waals surface area contributed by atoms with Gasteiger partial charge in [0.2, 0.25) is 0 Å². The average Bonchev–Trinajstić information content (AvgIpc) is 2.15. The quantitative estimate of drug-likeness (QED) is 0.823. The van der Waals surface area contributed by atoms with Crippen LogP contribution in [0.15, 0.2) is 24.3 Å². The second-order valence-electron chi connectivity index (χ2n) is 3.48. The molecule has 1 atom stereocenters. The van der Waals surface area contributed by atoms with E-state index < -0.39 is 30.4 Å². The van der Waals surface area contributed by atoms with Gasteiger partial charge >= 0.3 is 12.1 Å². The molecule has 7 heteroatoms. The van der Waals surface area contributed by atoms with E-state index in [1.54, 1.807) is 0 Å². The van der Waals surface area contributed by atoms with Gasteiger partial charge in [0.05, 0.1) is 12.5 Å². The van der Waals surface area contributed by atoms with E-state index in [0.29, 0.717) is 6.07 Å². The van der Waals surface area contributed by atoms with Crippen molar-refractivity contribution in [2.75, 3.05) is 0 Å². The van der Waals surface area contributed by atoms with Crippen LogP contribution in [-0.2, 0) is 0 Å². The van der Waals surface area contributed by atoms with Crippen molar-refractivity contribution in [3.05, 3.63) is 35.6 Å². The van der Waals surface area contributed by atoms with E-state index in [0.717, 1.165) is 18.2 Å². The van der Waals surface area contributed by atoms with Crippen molar-refractivity contribution >= 4 is 0 Å². The van der Waals surface area contributed by atoms with Gasteiger partial charge in [-0.05, 0) is 17.7 Å². The zero-order valence-electron chi connectivity index (χ0n) is 8.31. The van der Waals surface area contributed by atoms with Gasteiger partial charge in [-0.15, -0.1) is 0 Å². The number of aliphatic hydroxyl groups is 1. The maximum absolute atomic E-state index is 12.7. The summed E-state index contributed by atoms with van der Waals surface area (Å²) in [6.07, 6.45) is -9.65. The van der Waals surface area contributed by atoms with Crippen LogP contribution in [0.2, 0.25) is 0 Å². The molecule has 0 radical (unpaired) electrons. The zero-order valence-corrected chi connectivity index (χ0v) is 8.31. The van der Waals surface area contributed by atoms with Gasteiger partial charge in [-0.2, -0.15) is 22.0 Å². The van der Waals surface area contributed by atoms with Crippen LogP contribution in [0.4, 0.5) is 26.3 Å². The third-order valence-electron chi connectivity index (χ3n) is 2.10. The molecule has 1 unspecified atom stereocenters. The molecule has 0 saturated carbocycles. The number of hydrogen-bond donors (Lipinski definition) is 1. The molecule has 0 heterocycles. The minimum Gasteiger partial charge on any atom is -0.388 e. The van der Waals surface area contributed by atoms with Crippen LogP contribution in [0.25, 0.3) is 0 Å². The topological polar surface area (TPSA) is 20.2 Å². The molecule has 0 aliphatic rings. The van der Waals surface area contributed by atoms with E-state index in [2.05, 4.69) is 0 Å². The predicted octanol–water partition coefficient (Wildman–Crippen LogP) is 3.45. The molecule has 0 aromatic heterocycles. The molecule has 1 aromatic rings. The highest BCUT2D eigenvalue weighted by Gasteiger charge is 2.58. The Morgan fingerprint density at radius 3 is 2.18 bits per heavy atom. The van der Waals surface area contributed by atoms with Crippen molar-refractivity contribution in [2.45, 2.75) is 24.6 Å². The Morgan fingerprint density at radius 1 is 1.12 bits per heavy atom. The molecule has 0 fully saturated rings. The third-order valence-corrected chi connectivity index (χ3v) is 2.10. The van der Waals surface area contributed by atoms with Gasteiger partial charge in [0, 0.05) is 0 Å². The Labute approximate surface area is 92.7 Å². The van der Waals surface area contributed by atoms with Gasteiger partial charge in [0.1, 0.15) is 5.82 Å². The average molecular weight is 258 g/mol. The summed E-state index contributed by atoms with van der Waals surface area (Å²) < 4.78 is 73.4. The predicted molar refractivity (Wildman–Crippen MR) is 47.0 cm³/mol. The molecule has 1 N–H and O–H groups in total. The molecular formula is C10H8F6O. The highest BCUT2D eigenvalue weighted by Crippen LogP contribution is 2.41. The highest BCUT2D eigenvalue weighted by molar-refractivity contribution is 5.19. The van der Waals surface area contributed by atoms with E-state index in [1.165, 1.54) is 0 Å². The van der Waals surface area contributed by atoms with Gasteiger partial charge in [0.25, 0.3) is 0 Å². The lowest BCUT2D eigenvalue weighted by Gasteiger charge is -2.22. The first-order valence-corrected chi connectivity index (χ1v) is 4.51. The van der Waals surface area contributed by atoms with Gasteiger partial charge in [-0.1, -0.05) is 12.1 Å². The molecular weight excluding hydrogens is 250 g/mol. The van der Waals surface area contributed by atoms with Crippen molar-refractivity contribution in [1.82, 2.24) is 0 Å². The first-order chi connectivity index (χ1) is 7.63. The highest BCUT2D eigenvalue weighted by atomic mass is 19.4. The van der Waals surface area contributed by atoms with Gasteiger partial charge in [-0.3, -0.25) is 0 Å². The first kappa shape index (κ1) is 13.8. The number of benzene rings is 1. The maximum atomic E-state index is 12.7. The summed E-state index contributed by atoms with van der Waals surface area (Å²) >= 11 is 0. The molecule has 1 rings (SSSR count). The lowest BCUT2D eigenvalue weighted by Crippen LogP contribution is -2.37. The van der Waals surface area contributed by atoms with Gasteiger partial charge < -0.3 is 5.11 Å². The summed E-state index contributed by atoms with van der Waals surface area (Å²) in [4.78, 5) is 0. The number of alkyl halides is 5. The largest absolute Gasteiger partial charge is 0.453 e. The van der Waals surface area contributed by atoms with Gasteiger partial charge in [0.15, 0.2) is 0 Å². The fraction of sp³-hybridized carbons (Fsp3) is 0.400. The van der Waals surface area contributed by atoms with Gasteiger partial charge in [-0.25, -0.2) is 4.39 Å². The molecule has 0 spiro atoms. The SMILES string of the molecule is OC(CC(F)(F)C(F)(F)F)c1cccc(F)c1. The monoisotopic (exact) mass is 258 g/mol. The van der Waals surface area contributed by atoms with Crippen molar-refractivity contribution in [1.29, 1.82) is 0 Å². The van der Waals surface area contributed by atoms with Crippen LogP contribution < -0.4 is 0 Å². The van der Waals surface area contributed by atoms with Crippen LogP contribution in [0, 0.1) is 5.82 Å². The number of rotatable bonds is 3. The van der Waals surface area contributed by atoms with Crippen LogP contribution in [0.5, 0.6) is 0 Å². The first-order valence-electron chi connectivity index (χ1n) is 4.51. The van der Waals surface area contributed by atoms with Crippen LogP contribution >= 0.6 is 0 Å². The Kier molecular flexibility index (Phi) is 3.71. The zero-order chi connectivity index (χ0) is 13.3. The van der Waals surface area contributed by atoms with Crippen molar-refractivity contribution < 1.29 is 31.4 Å². The Hall–Kier alpha value is -1.24. The second kappa shape index (κ2) is 4.56. The molecule has 1 nitrogen and oxygen atoms in total. The molecule has 17 heavy (non-hydrogen) atoms. The Morgan fingerprint density at radius 2 is 1.71 bits per heavy atom. The normalized spacial score (nSPS) is 14.8. The number of halogens is 6. The molecule has 96 valence electrons. The standard InChI is InChI=1S/C10H8F6O/c11-7-3-1-2-6(4-7)8(17)5-9(12,13)10(14,15)16/h1-4,8,17H,5H2. The summed E-state index contributed by atoms with van der Waals surface area (Å²) in [5.74, 6) is -5.84. The van der Waals surface area contributed by atoms with E-state index in [4.69, 9.17) is 0 Å². The van der Waals surface area contributed by atoms with E-state index >= 15 is 0 Å². The summed E-state index contributed by atoms with van der Waals surface area (Å²) in [7, 11) is 0. The van der Waals surface area contributed by atoms with Crippen LogP contribution in [-0.4, -0.2) is 17.2 Å². The molecule has 0 aliphatic heterocycles. The molecule has 0 saturated heterocycles. The van der Waals surface area contributed by atoms with E-state index in [9.17, 15) is 31.4 Å². The van der Waals surface area contributed by atoms with E-state index in [1.807, 2.05) is 0 Å². The lowest BCUT2D eigenvalue weighted by molar-refractivity contribution is -0.290. The lowest BCUT2D eigenvalue weighted by atomic mass is 10.0. The molecule has 1 aromatic carbocycles. The van der Waals surface area contributed by atoms with Crippen molar-refractivity contribution in [3.8, 4) is 0 Å². The fourth-order valence-corrected chi connectivity index (χ4v) is 1.19. The fourth-order valence-electron chi connectivity index (χ4n) is 1.19. The summed E-state index contributed by atoms with van der Waals surface area (Å²) in [5.41, 5.74) is -0.325. The third kappa shape index (κ3) is 3.36. The molecule has 0 bridgehead atoms. The summed E-state index contributed by atoms with van der Waals surface area (Å²) in [5, 5.41) is 9.20. The number of hydrogen-bond acceptors (Lipinski definition) is 1. The maximum Gasteiger partial charge on any atom is 0.453 e. The molecule has 0 aliphatic carbocycles. The number of aliphatic hydroxyl groups excluding tert-OH is 1. The minimum atomic E-state index is -5.73. The van der Waals surface area contributed by atoms with Crippen molar-refractivity contribution in [3.63, 3.8) is 0 Å². The van der Waals surface area contributed by atoms with Crippen molar-refractivity contribution in [2.24, 2.45) is 0 Å². The van der Waals surface area contributed by atoms with Crippen LogP contribution in [0.3, 0.4) is 0 Å². The summed E-state index contributed by atoms with van der Waals surface area (Å²) in [6, 6.07) is 3.87. The minimum absolute atomic E-state index is 0.325. The smallest absolute Gasteiger partial charge is 0.388 e. The Bertz CT molecular complexity index is 387. The second-order valence-corrected chi connectivity index (χ2v) is 3.48. The summed E-state index contributed by atoms with van der Waals surface area (Å²) in [6.45, 7) is 0.